The number of hydrogen-bond donors (Lipinski definition) is 0. The summed E-state index contributed by atoms with van der Waals surface area (Å²) >= 11 is 5.83. The van der Waals surface area contributed by atoms with Crippen LogP contribution in [0.25, 0.3) is 0 Å². The molecule has 90 valence electrons. The van der Waals surface area contributed by atoms with Crippen molar-refractivity contribution in [3.05, 3.63) is 23.8 Å². The predicted octanol–water partition coefficient (Wildman–Crippen LogP) is 2.85. The SMILES string of the molecule is CCOCCOc1ccc(OC)cc1CCl. The molecule has 1 aromatic carbocycles. The van der Waals surface area contributed by atoms with Gasteiger partial charge < -0.3 is 14.2 Å². The highest BCUT2D eigenvalue weighted by molar-refractivity contribution is 6.17. The fourth-order valence-corrected chi connectivity index (χ4v) is 1.49. The van der Waals surface area contributed by atoms with Crippen LogP contribution in [0.4, 0.5) is 0 Å². The molecule has 1 rings (SSSR count). The van der Waals surface area contributed by atoms with Crippen molar-refractivity contribution in [2.24, 2.45) is 0 Å². The Balaban J connectivity index is 2.57. The van der Waals surface area contributed by atoms with Gasteiger partial charge in [0.05, 0.1) is 19.6 Å². The van der Waals surface area contributed by atoms with Crippen LogP contribution < -0.4 is 9.47 Å². The number of hydrogen-bond acceptors (Lipinski definition) is 3. The van der Waals surface area contributed by atoms with Gasteiger partial charge in [-0.25, -0.2) is 0 Å². The van der Waals surface area contributed by atoms with Gasteiger partial charge in [0, 0.05) is 12.2 Å². The van der Waals surface area contributed by atoms with E-state index in [2.05, 4.69) is 0 Å². The summed E-state index contributed by atoms with van der Waals surface area (Å²) in [6, 6.07) is 5.59. The molecule has 0 fully saturated rings. The zero-order valence-corrected chi connectivity index (χ0v) is 10.4. The second-order valence-corrected chi connectivity index (χ2v) is 3.42. The quantitative estimate of drug-likeness (QED) is 0.545. The molecule has 0 atom stereocenters. The van der Waals surface area contributed by atoms with Crippen LogP contribution in [0.15, 0.2) is 18.2 Å². The van der Waals surface area contributed by atoms with Crippen molar-refractivity contribution in [2.75, 3.05) is 26.9 Å². The molecular formula is C12H17ClO3. The van der Waals surface area contributed by atoms with Crippen molar-refractivity contribution < 1.29 is 14.2 Å². The first-order chi connectivity index (χ1) is 7.81. The molecule has 0 spiro atoms. The Morgan fingerprint density at radius 2 is 2.06 bits per heavy atom. The van der Waals surface area contributed by atoms with E-state index in [0.29, 0.717) is 25.7 Å². The third kappa shape index (κ3) is 3.91. The van der Waals surface area contributed by atoms with Crippen LogP contribution in [0, 0.1) is 0 Å². The van der Waals surface area contributed by atoms with Crippen molar-refractivity contribution in [3.63, 3.8) is 0 Å². The third-order valence-electron chi connectivity index (χ3n) is 2.10. The molecule has 4 heteroatoms. The second-order valence-electron chi connectivity index (χ2n) is 3.15. The van der Waals surface area contributed by atoms with Gasteiger partial charge in [-0.2, -0.15) is 0 Å². The van der Waals surface area contributed by atoms with Crippen LogP contribution in [-0.4, -0.2) is 26.9 Å². The standard InChI is InChI=1S/C12H17ClO3/c1-3-15-6-7-16-12-5-4-11(14-2)8-10(12)9-13/h4-5,8H,3,6-7,9H2,1-2H3. The first-order valence-corrected chi connectivity index (χ1v) is 5.78. The predicted molar refractivity (Wildman–Crippen MR) is 64.5 cm³/mol. The highest BCUT2D eigenvalue weighted by Crippen LogP contribution is 2.25. The second kappa shape index (κ2) is 7.36. The average molecular weight is 245 g/mol. The van der Waals surface area contributed by atoms with Gasteiger partial charge in [-0.05, 0) is 25.1 Å². The minimum absolute atomic E-state index is 0.404. The third-order valence-corrected chi connectivity index (χ3v) is 2.39. The van der Waals surface area contributed by atoms with Gasteiger partial charge in [-0.15, -0.1) is 11.6 Å². The summed E-state index contributed by atoms with van der Waals surface area (Å²) in [6.07, 6.45) is 0. The maximum absolute atomic E-state index is 5.83. The number of halogens is 1. The average Bonchev–Trinajstić information content (AvgIpc) is 2.34. The van der Waals surface area contributed by atoms with E-state index in [9.17, 15) is 0 Å². The molecule has 0 saturated heterocycles. The lowest BCUT2D eigenvalue weighted by Gasteiger charge is -2.11. The number of benzene rings is 1. The van der Waals surface area contributed by atoms with Crippen molar-refractivity contribution in [2.45, 2.75) is 12.8 Å². The van der Waals surface area contributed by atoms with Crippen molar-refractivity contribution in [1.82, 2.24) is 0 Å². The Kier molecular flexibility index (Phi) is 6.04. The maximum Gasteiger partial charge on any atom is 0.124 e. The van der Waals surface area contributed by atoms with E-state index >= 15 is 0 Å². The highest BCUT2D eigenvalue weighted by Gasteiger charge is 2.04. The van der Waals surface area contributed by atoms with Crippen LogP contribution in [-0.2, 0) is 10.6 Å². The molecule has 16 heavy (non-hydrogen) atoms. The Bertz CT molecular complexity index is 315. The maximum atomic E-state index is 5.83. The number of rotatable bonds is 7. The smallest absolute Gasteiger partial charge is 0.124 e. The fraction of sp³-hybridized carbons (Fsp3) is 0.500. The summed E-state index contributed by atoms with van der Waals surface area (Å²) < 4.78 is 15.9. The molecule has 0 bridgehead atoms. The first-order valence-electron chi connectivity index (χ1n) is 5.25. The van der Waals surface area contributed by atoms with E-state index in [1.54, 1.807) is 7.11 Å². The Hall–Kier alpha value is -0.930. The molecule has 1 aromatic rings. The normalized spacial score (nSPS) is 10.2. The minimum atomic E-state index is 0.404. The number of methoxy groups -OCH3 is 1. The highest BCUT2D eigenvalue weighted by atomic mass is 35.5. The summed E-state index contributed by atoms with van der Waals surface area (Å²) in [4.78, 5) is 0. The fourth-order valence-electron chi connectivity index (χ4n) is 1.28. The van der Waals surface area contributed by atoms with Crippen molar-refractivity contribution in [3.8, 4) is 11.5 Å². The van der Waals surface area contributed by atoms with Crippen LogP contribution in [0.3, 0.4) is 0 Å². The summed E-state index contributed by atoms with van der Waals surface area (Å²) in [5, 5.41) is 0. The summed E-state index contributed by atoms with van der Waals surface area (Å²) in [7, 11) is 1.63. The van der Waals surface area contributed by atoms with E-state index in [1.165, 1.54) is 0 Å². The van der Waals surface area contributed by atoms with E-state index < -0.39 is 0 Å². The topological polar surface area (TPSA) is 27.7 Å². The molecule has 0 unspecified atom stereocenters. The zero-order chi connectivity index (χ0) is 11.8. The van der Waals surface area contributed by atoms with Gasteiger partial charge >= 0.3 is 0 Å². The van der Waals surface area contributed by atoms with Gasteiger partial charge in [-0.3, -0.25) is 0 Å². The Morgan fingerprint density at radius 1 is 1.25 bits per heavy atom. The van der Waals surface area contributed by atoms with Gasteiger partial charge in [-0.1, -0.05) is 0 Å². The van der Waals surface area contributed by atoms with E-state index in [-0.39, 0.29) is 0 Å². The van der Waals surface area contributed by atoms with E-state index in [1.807, 2.05) is 25.1 Å². The van der Waals surface area contributed by atoms with Crippen molar-refractivity contribution >= 4 is 11.6 Å². The molecule has 0 aliphatic rings. The molecule has 0 aliphatic heterocycles. The van der Waals surface area contributed by atoms with Crippen LogP contribution >= 0.6 is 11.6 Å². The van der Waals surface area contributed by atoms with Crippen LogP contribution in [0.5, 0.6) is 11.5 Å². The molecule has 0 saturated carbocycles. The molecule has 0 heterocycles. The molecule has 0 N–H and O–H groups in total. The van der Waals surface area contributed by atoms with Gasteiger partial charge in [0.25, 0.3) is 0 Å². The summed E-state index contributed by atoms with van der Waals surface area (Å²) in [5.41, 5.74) is 0.928. The largest absolute Gasteiger partial charge is 0.497 e. The lowest BCUT2D eigenvalue weighted by molar-refractivity contribution is 0.110. The van der Waals surface area contributed by atoms with E-state index in [4.69, 9.17) is 25.8 Å². The molecule has 0 aromatic heterocycles. The Morgan fingerprint density at radius 3 is 2.69 bits per heavy atom. The molecular weight excluding hydrogens is 228 g/mol. The monoisotopic (exact) mass is 244 g/mol. The number of ether oxygens (including phenoxy) is 3. The Labute approximate surface area is 101 Å². The lowest BCUT2D eigenvalue weighted by atomic mass is 10.2. The van der Waals surface area contributed by atoms with Crippen LogP contribution in [0.1, 0.15) is 12.5 Å². The molecule has 0 radical (unpaired) electrons. The molecule has 0 amide bonds. The first kappa shape index (κ1) is 13.1. The molecule has 0 aliphatic carbocycles. The van der Waals surface area contributed by atoms with Crippen LogP contribution in [0.2, 0.25) is 0 Å². The minimum Gasteiger partial charge on any atom is -0.497 e. The zero-order valence-electron chi connectivity index (χ0n) is 9.66. The lowest BCUT2D eigenvalue weighted by Crippen LogP contribution is -2.07. The summed E-state index contributed by atoms with van der Waals surface area (Å²) in [6.45, 7) is 3.78. The number of alkyl halides is 1. The van der Waals surface area contributed by atoms with Gasteiger partial charge in [0.2, 0.25) is 0 Å². The molecule has 3 nitrogen and oxygen atoms in total. The van der Waals surface area contributed by atoms with E-state index in [0.717, 1.165) is 17.1 Å². The van der Waals surface area contributed by atoms with Gasteiger partial charge in [0.15, 0.2) is 0 Å². The van der Waals surface area contributed by atoms with Crippen molar-refractivity contribution in [1.29, 1.82) is 0 Å². The van der Waals surface area contributed by atoms with Gasteiger partial charge in [0.1, 0.15) is 18.1 Å². The summed E-state index contributed by atoms with van der Waals surface area (Å²) in [5.74, 6) is 1.98.